The zero-order valence-electron chi connectivity index (χ0n) is 27.0. The number of carbonyl (C=O) groups excluding carboxylic acids is 2. The molecule has 0 radical (unpaired) electrons. The van der Waals surface area contributed by atoms with Crippen LogP contribution in [0.3, 0.4) is 0 Å². The number of hydrogen-bond donors (Lipinski definition) is 2. The zero-order valence-corrected chi connectivity index (χ0v) is 28.5. The number of likely N-dealkylation sites (tertiary alicyclic amines) is 1. The summed E-state index contributed by atoms with van der Waals surface area (Å²) in [6, 6.07) is 9.31. The van der Waals surface area contributed by atoms with Crippen LogP contribution >= 0.6 is 22.9 Å². The smallest absolute Gasteiger partial charge is 0.415 e. The number of hydrogen-bond acceptors (Lipinski definition) is 9. The Bertz CT molecular complexity index is 1330. The van der Waals surface area contributed by atoms with Crippen LogP contribution in [0.2, 0.25) is 0 Å². The molecular formula is C32H45ClN6O5S. The number of aliphatic carboxylic acids is 1. The molecule has 3 heterocycles. The van der Waals surface area contributed by atoms with Gasteiger partial charge in [0.2, 0.25) is 5.95 Å². The van der Waals surface area contributed by atoms with E-state index >= 15 is 0 Å². The third-order valence-corrected chi connectivity index (χ3v) is 7.79. The number of nitrogens with zero attached hydrogens (tertiary/aromatic N) is 5. The minimum Gasteiger partial charge on any atom is -0.480 e. The molecule has 4 rings (SSSR count). The van der Waals surface area contributed by atoms with Crippen LogP contribution in [0, 0.1) is 0 Å². The van der Waals surface area contributed by atoms with E-state index < -0.39 is 12.0 Å². The van der Waals surface area contributed by atoms with Gasteiger partial charge in [-0.3, -0.25) is 4.79 Å². The van der Waals surface area contributed by atoms with Gasteiger partial charge in [-0.1, -0.05) is 32.0 Å². The first-order chi connectivity index (χ1) is 21.8. The van der Waals surface area contributed by atoms with E-state index in [2.05, 4.69) is 26.9 Å². The second-order valence-electron chi connectivity index (χ2n) is 9.55. The summed E-state index contributed by atoms with van der Waals surface area (Å²) >= 11 is 5.97. The molecule has 2 N–H and O–H groups in total. The number of ether oxygens (including phenoxy) is 1. The summed E-state index contributed by atoms with van der Waals surface area (Å²) in [5.74, 6) is -0.184. The molecule has 0 aliphatic carbocycles. The van der Waals surface area contributed by atoms with E-state index in [1.165, 1.54) is 17.7 Å². The van der Waals surface area contributed by atoms with Gasteiger partial charge in [0.25, 0.3) is 5.91 Å². The topological polar surface area (TPSA) is 128 Å². The summed E-state index contributed by atoms with van der Waals surface area (Å²) in [5, 5.41) is 15.0. The van der Waals surface area contributed by atoms with E-state index in [4.69, 9.17) is 4.74 Å². The highest BCUT2D eigenvalue weighted by atomic mass is 35.5. The number of benzene rings is 1. The van der Waals surface area contributed by atoms with Crippen molar-refractivity contribution in [2.24, 2.45) is 0 Å². The molecule has 11 nitrogen and oxygen atoms in total. The second-order valence-corrected chi connectivity index (χ2v) is 10.5. The summed E-state index contributed by atoms with van der Waals surface area (Å²) in [4.78, 5) is 52.9. The number of nitrogens with one attached hydrogen (secondary N) is 1. The van der Waals surface area contributed by atoms with Gasteiger partial charge in [0.1, 0.15) is 17.5 Å². The molecule has 1 fully saturated rings. The van der Waals surface area contributed by atoms with Crippen LogP contribution in [0.5, 0.6) is 5.75 Å². The fraction of sp³-hybridized carbons (Fsp3) is 0.469. The Morgan fingerprint density at radius 1 is 1.04 bits per heavy atom. The number of carboxylic acids is 1. The van der Waals surface area contributed by atoms with Gasteiger partial charge in [-0.25, -0.2) is 14.6 Å². The lowest BCUT2D eigenvalue weighted by Gasteiger charge is -2.26. The van der Waals surface area contributed by atoms with E-state index in [0.717, 1.165) is 18.4 Å². The van der Waals surface area contributed by atoms with Crippen molar-refractivity contribution in [1.29, 1.82) is 0 Å². The lowest BCUT2D eigenvalue weighted by Crippen LogP contribution is -2.36. The van der Waals surface area contributed by atoms with Gasteiger partial charge >= 0.3 is 12.1 Å². The molecule has 3 aromatic rings. The molecule has 0 bridgehead atoms. The first-order valence-electron chi connectivity index (χ1n) is 15.2. The SMILES string of the molecule is CC.CCN(CC)c1ncc(N(CC)C(=O)c2cccs2)c(NC(Cc2ccc(OC(=O)N3CCCC3)cc2)C(=O)O)n1.CCl. The Labute approximate surface area is 275 Å². The van der Waals surface area contributed by atoms with Gasteiger partial charge in [-0.2, -0.15) is 4.98 Å². The van der Waals surface area contributed by atoms with Crippen LogP contribution in [0.25, 0.3) is 0 Å². The lowest BCUT2D eigenvalue weighted by molar-refractivity contribution is -0.137. The number of carboxylic acid groups (broad SMARTS) is 1. The highest BCUT2D eigenvalue weighted by Gasteiger charge is 2.26. The summed E-state index contributed by atoms with van der Waals surface area (Å²) < 4.78 is 5.46. The van der Waals surface area contributed by atoms with Crippen molar-refractivity contribution in [1.82, 2.24) is 14.9 Å². The lowest BCUT2D eigenvalue weighted by atomic mass is 10.1. The van der Waals surface area contributed by atoms with Gasteiger partial charge in [0.05, 0.1) is 11.1 Å². The van der Waals surface area contributed by atoms with Crippen LogP contribution < -0.4 is 19.9 Å². The Kier molecular flexibility index (Phi) is 16.1. The highest BCUT2D eigenvalue weighted by Crippen LogP contribution is 2.29. The van der Waals surface area contributed by atoms with E-state index in [1.54, 1.807) is 46.3 Å². The Morgan fingerprint density at radius 3 is 2.22 bits per heavy atom. The van der Waals surface area contributed by atoms with Crippen molar-refractivity contribution in [3.63, 3.8) is 0 Å². The molecule has 45 heavy (non-hydrogen) atoms. The predicted octanol–water partition coefficient (Wildman–Crippen LogP) is 6.63. The largest absolute Gasteiger partial charge is 0.480 e. The van der Waals surface area contributed by atoms with Crippen LogP contribution in [0.15, 0.2) is 48.0 Å². The van der Waals surface area contributed by atoms with Crippen molar-refractivity contribution < 1.29 is 24.2 Å². The number of rotatable bonds is 12. The van der Waals surface area contributed by atoms with Crippen molar-refractivity contribution in [3.8, 4) is 5.75 Å². The van der Waals surface area contributed by atoms with Gasteiger partial charge in [-0.15, -0.1) is 22.9 Å². The average Bonchev–Trinajstić information content (AvgIpc) is 3.81. The minimum absolute atomic E-state index is 0.130. The van der Waals surface area contributed by atoms with E-state index in [9.17, 15) is 19.5 Å². The van der Waals surface area contributed by atoms with Gasteiger partial charge in [0.15, 0.2) is 5.82 Å². The van der Waals surface area contributed by atoms with Crippen molar-refractivity contribution >= 4 is 58.4 Å². The average molecular weight is 661 g/mol. The van der Waals surface area contributed by atoms with Crippen LogP contribution in [-0.4, -0.2) is 83.1 Å². The number of anilines is 3. The maximum atomic E-state index is 13.3. The minimum atomic E-state index is -1.07. The molecule has 1 unspecified atom stereocenters. The molecule has 2 amide bonds. The van der Waals surface area contributed by atoms with Gasteiger partial charge < -0.3 is 29.9 Å². The highest BCUT2D eigenvalue weighted by molar-refractivity contribution is 7.12. The standard InChI is InChI=1S/C29H36N6O5S.C2H6.CH3Cl/c1-4-33(5-2)28-30-19-23(35(6-3)26(36)24-10-9-17-41-24)25(32-28)31-22(27(37)38)18-20-11-13-21(14-12-20)40-29(39)34-15-7-8-16-34;2*1-2/h9-14,17,19,22H,4-8,15-16,18H2,1-3H3,(H,37,38)(H,30,31,32);1-2H3;1H3. The summed E-state index contributed by atoms with van der Waals surface area (Å²) in [7, 11) is 0. The summed E-state index contributed by atoms with van der Waals surface area (Å²) in [6.07, 6.45) is 4.74. The van der Waals surface area contributed by atoms with E-state index in [0.29, 0.717) is 55.0 Å². The molecule has 1 aliphatic heterocycles. The monoisotopic (exact) mass is 660 g/mol. The number of aromatic nitrogens is 2. The normalized spacial score (nSPS) is 12.6. The molecule has 246 valence electrons. The maximum absolute atomic E-state index is 13.3. The second kappa shape index (κ2) is 19.5. The third-order valence-electron chi connectivity index (χ3n) is 6.93. The Hall–Kier alpha value is -3.90. The molecular weight excluding hydrogens is 616 g/mol. The van der Waals surface area contributed by atoms with Crippen LogP contribution in [0.4, 0.5) is 22.2 Å². The predicted molar refractivity (Wildman–Crippen MR) is 182 cm³/mol. The van der Waals surface area contributed by atoms with Gasteiger partial charge in [0, 0.05) is 45.5 Å². The fourth-order valence-corrected chi connectivity index (χ4v) is 5.32. The quantitative estimate of drug-likeness (QED) is 0.206. The van der Waals surface area contributed by atoms with Crippen molar-refractivity contribution in [2.45, 2.75) is 59.9 Å². The third kappa shape index (κ3) is 10.3. The summed E-state index contributed by atoms with van der Waals surface area (Å²) in [5.41, 5.74) is 1.13. The molecule has 13 heteroatoms. The first kappa shape index (κ1) is 37.3. The van der Waals surface area contributed by atoms with Crippen LogP contribution in [-0.2, 0) is 11.2 Å². The number of halogens is 1. The number of amides is 2. The maximum Gasteiger partial charge on any atom is 0.415 e. The van der Waals surface area contributed by atoms with E-state index in [-0.39, 0.29) is 24.2 Å². The summed E-state index contributed by atoms with van der Waals surface area (Å²) in [6.45, 7) is 12.9. The molecule has 0 saturated carbocycles. The fourth-order valence-electron chi connectivity index (χ4n) is 4.64. The Balaban J connectivity index is 0.00000169. The molecule has 1 aliphatic rings. The van der Waals surface area contributed by atoms with Crippen molar-refractivity contribution in [3.05, 3.63) is 58.4 Å². The van der Waals surface area contributed by atoms with Crippen LogP contribution in [0.1, 0.15) is 62.7 Å². The zero-order chi connectivity index (χ0) is 33.4. The molecule has 2 aromatic heterocycles. The first-order valence-corrected chi connectivity index (χ1v) is 16.9. The van der Waals surface area contributed by atoms with Crippen molar-refractivity contribution in [2.75, 3.05) is 54.2 Å². The number of carbonyl (C=O) groups is 3. The van der Waals surface area contributed by atoms with Gasteiger partial charge in [-0.05, 0) is 62.8 Å². The number of alkyl halides is 1. The molecule has 0 spiro atoms. The number of thiophene rings is 1. The molecule has 1 saturated heterocycles. The molecule has 1 atom stereocenters. The van der Waals surface area contributed by atoms with E-state index in [1.807, 2.05) is 51.0 Å². The Morgan fingerprint density at radius 2 is 1.69 bits per heavy atom. The molecule has 1 aromatic carbocycles.